The minimum atomic E-state index is -0.253. The van der Waals surface area contributed by atoms with Gasteiger partial charge in [-0.15, -0.1) is 0 Å². The molecule has 1 aliphatic rings. The number of piperidine rings is 1. The zero-order valence-electron chi connectivity index (χ0n) is 14.1. The van der Waals surface area contributed by atoms with Crippen LogP contribution in [0, 0.1) is 5.92 Å². The number of aromatic nitrogens is 2. The van der Waals surface area contributed by atoms with E-state index >= 15 is 0 Å². The Kier molecular flexibility index (Phi) is 5.96. The molecule has 1 atom stereocenters. The SMILES string of the molecule is O=C(Nc1ccc(Cl)cn1)C1CCCN(C(=O)/C=C/c2cccnc2)C1. The van der Waals surface area contributed by atoms with E-state index in [-0.39, 0.29) is 17.7 Å². The molecule has 2 amide bonds. The summed E-state index contributed by atoms with van der Waals surface area (Å²) in [5.41, 5.74) is 0.862. The van der Waals surface area contributed by atoms with Gasteiger partial charge in [-0.1, -0.05) is 17.7 Å². The number of amides is 2. The van der Waals surface area contributed by atoms with Gasteiger partial charge in [-0.05, 0) is 42.7 Å². The lowest BCUT2D eigenvalue weighted by atomic mass is 9.97. The molecule has 2 aromatic rings. The van der Waals surface area contributed by atoms with Crippen molar-refractivity contribution in [1.29, 1.82) is 0 Å². The van der Waals surface area contributed by atoms with Crippen LogP contribution >= 0.6 is 11.6 Å². The van der Waals surface area contributed by atoms with E-state index < -0.39 is 0 Å². The van der Waals surface area contributed by atoms with E-state index in [1.165, 1.54) is 12.3 Å². The third-order valence-corrected chi connectivity index (χ3v) is 4.41. The summed E-state index contributed by atoms with van der Waals surface area (Å²) in [4.78, 5) is 34.6. The van der Waals surface area contributed by atoms with Gasteiger partial charge >= 0.3 is 0 Å². The molecule has 0 spiro atoms. The highest BCUT2D eigenvalue weighted by molar-refractivity contribution is 6.30. The highest BCUT2D eigenvalue weighted by Gasteiger charge is 2.27. The Hall–Kier alpha value is -2.73. The number of likely N-dealkylation sites (tertiary alicyclic amines) is 1. The molecule has 1 aliphatic heterocycles. The maximum Gasteiger partial charge on any atom is 0.246 e. The number of hydrogen-bond acceptors (Lipinski definition) is 4. The van der Waals surface area contributed by atoms with Crippen LogP contribution in [0.3, 0.4) is 0 Å². The van der Waals surface area contributed by atoms with E-state index in [2.05, 4.69) is 15.3 Å². The van der Waals surface area contributed by atoms with Crippen LogP contribution < -0.4 is 5.32 Å². The number of carbonyl (C=O) groups excluding carboxylic acids is 2. The molecular formula is C19H19ClN4O2. The van der Waals surface area contributed by atoms with Crippen LogP contribution in [0.5, 0.6) is 0 Å². The van der Waals surface area contributed by atoms with Crippen LogP contribution in [-0.4, -0.2) is 39.8 Å². The Morgan fingerprint density at radius 1 is 1.27 bits per heavy atom. The van der Waals surface area contributed by atoms with E-state index in [4.69, 9.17) is 11.6 Å². The van der Waals surface area contributed by atoms with Crippen molar-refractivity contribution in [2.75, 3.05) is 18.4 Å². The lowest BCUT2D eigenvalue weighted by Crippen LogP contribution is -2.43. The van der Waals surface area contributed by atoms with E-state index in [9.17, 15) is 9.59 Å². The fraction of sp³-hybridized carbons (Fsp3) is 0.263. The molecular weight excluding hydrogens is 352 g/mol. The van der Waals surface area contributed by atoms with Crippen LogP contribution in [-0.2, 0) is 9.59 Å². The number of hydrogen-bond donors (Lipinski definition) is 1. The minimum Gasteiger partial charge on any atom is -0.338 e. The van der Waals surface area contributed by atoms with Gasteiger partial charge < -0.3 is 10.2 Å². The summed E-state index contributed by atoms with van der Waals surface area (Å²) in [6.45, 7) is 1.05. The average molecular weight is 371 g/mol. The van der Waals surface area contributed by atoms with Crippen LogP contribution in [0.1, 0.15) is 18.4 Å². The van der Waals surface area contributed by atoms with Gasteiger partial charge in [0, 0.05) is 37.8 Å². The first-order valence-electron chi connectivity index (χ1n) is 8.41. The smallest absolute Gasteiger partial charge is 0.246 e. The van der Waals surface area contributed by atoms with E-state index in [0.717, 1.165) is 18.4 Å². The van der Waals surface area contributed by atoms with E-state index in [0.29, 0.717) is 23.9 Å². The van der Waals surface area contributed by atoms with Crippen molar-refractivity contribution >= 4 is 35.3 Å². The molecule has 1 unspecified atom stereocenters. The number of anilines is 1. The van der Waals surface area contributed by atoms with Crippen molar-refractivity contribution in [3.05, 3.63) is 59.5 Å². The van der Waals surface area contributed by atoms with Crippen molar-refractivity contribution in [3.8, 4) is 0 Å². The standard InChI is InChI=1S/C19H19ClN4O2/c20-16-6-7-17(22-12-16)23-19(26)15-4-2-10-24(13-15)18(25)8-5-14-3-1-9-21-11-14/h1,3,5-9,11-12,15H,2,4,10,13H2,(H,22,23,26)/b8-5+. The fourth-order valence-corrected chi connectivity index (χ4v) is 2.93. The largest absolute Gasteiger partial charge is 0.338 e. The zero-order chi connectivity index (χ0) is 18.4. The first kappa shape index (κ1) is 18.1. The van der Waals surface area contributed by atoms with Gasteiger partial charge in [0.2, 0.25) is 11.8 Å². The number of pyridine rings is 2. The average Bonchev–Trinajstić information content (AvgIpc) is 2.69. The minimum absolute atomic E-state index is 0.101. The van der Waals surface area contributed by atoms with Crippen LogP contribution in [0.25, 0.3) is 6.08 Å². The number of halogens is 1. The summed E-state index contributed by atoms with van der Waals surface area (Å²) in [5, 5.41) is 3.30. The highest BCUT2D eigenvalue weighted by atomic mass is 35.5. The molecule has 3 rings (SSSR count). The highest BCUT2D eigenvalue weighted by Crippen LogP contribution is 2.19. The van der Waals surface area contributed by atoms with Gasteiger partial charge in [0.15, 0.2) is 0 Å². The molecule has 1 saturated heterocycles. The molecule has 0 aromatic carbocycles. The topological polar surface area (TPSA) is 75.2 Å². The summed E-state index contributed by atoms with van der Waals surface area (Å²) in [7, 11) is 0. The van der Waals surface area contributed by atoms with Crippen molar-refractivity contribution in [3.63, 3.8) is 0 Å². The number of rotatable bonds is 4. The Morgan fingerprint density at radius 3 is 2.88 bits per heavy atom. The van der Waals surface area contributed by atoms with Gasteiger partial charge in [-0.3, -0.25) is 14.6 Å². The maximum atomic E-state index is 12.5. The van der Waals surface area contributed by atoms with Gasteiger partial charge in [0.05, 0.1) is 10.9 Å². The Balaban J connectivity index is 1.57. The number of nitrogens with zero attached hydrogens (tertiary/aromatic N) is 3. The zero-order valence-corrected chi connectivity index (χ0v) is 14.9. The first-order valence-corrected chi connectivity index (χ1v) is 8.79. The van der Waals surface area contributed by atoms with E-state index in [1.54, 1.807) is 35.5 Å². The molecule has 7 heteroatoms. The first-order chi connectivity index (χ1) is 12.6. The number of nitrogens with one attached hydrogen (secondary N) is 1. The molecule has 0 bridgehead atoms. The predicted octanol–water partition coefficient (Wildman–Crippen LogP) is 3.02. The van der Waals surface area contributed by atoms with Gasteiger partial charge in [0.25, 0.3) is 0 Å². The monoisotopic (exact) mass is 370 g/mol. The molecule has 0 radical (unpaired) electrons. The quantitative estimate of drug-likeness (QED) is 0.839. The molecule has 1 N–H and O–H groups in total. The maximum absolute atomic E-state index is 12.5. The summed E-state index contributed by atoms with van der Waals surface area (Å²) in [6, 6.07) is 7.02. The predicted molar refractivity (Wildman–Crippen MR) is 100 cm³/mol. The van der Waals surface area contributed by atoms with E-state index in [1.807, 2.05) is 12.1 Å². The van der Waals surface area contributed by atoms with Crippen molar-refractivity contribution in [2.45, 2.75) is 12.8 Å². The Morgan fingerprint density at radius 2 is 2.15 bits per heavy atom. The third kappa shape index (κ3) is 4.89. The molecule has 134 valence electrons. The summed E-state index contributed by atoms with van der Waals surface area (Å²) in [6.07, 6.45) is 9.65. The van der Waals surface area contributed by atoms with Crippen LogP contribution in [0.2, 0.25) is 5.02 Å². The number of carbonyl (C=O) groups is 2. The van der Waals surface area contributed by atoms with Crippen molar-refractivity contribution in [1.82, 2.24) is 14.9 Å². The van der Waals surface area contributed by atoms with Crippen molar-refractivity contribution in [2.24, 2.45) is 5.92 Å². The molecule has 26 heavy (non-hydrogen) atoms. The second-order valence-corrected chi connectivity index (χ2v) is 6.53. The summed E-state index contributed by atoms with van der Waals surface area (Å²) < 4.78 is 0. The van der Waals surface area contributed by atoms with Gasteiger partial charge in [-0.2, -0.15) is 0 Å². The second-order valence-electron chi connectivity index (χ2n) is 6.09. The molecule has 0 aliphatic carbocycles. The van der Waals surface area contributed by atoms with Gasteiger partial charge in [-0.25, -0.2) is 4.98 Å². The Bertz CT molecular complexity index is 793. The second kappa shape index (κ2) is 8.58. The Labute approximate surface area is 156 Å². The summed E-state index contributed by atoms with van der Waals surface area (Å²) in [5.74, 6) is -0.0270. The molecule has 1 fully saturated rings. The summed E-state index contributed by atoms with van der Waals surface area (Å²) >= 11 is 5.80. The van der Waals surface area contributed by atoms with Gasteiger partial charge in [0.1, 0.15) is 5.82 Å². The third-order valence-electron chi connectivity index (χ3n) is 4.19. The fourth-order valence-electron chi connectivity index (χ4n) is 2.82. The van der Waals surface area contributed by atoms with Crippen LogP contribution in [0.4, 0.5) is 5.82 Å². The van der Waals surface area contributed by atoms with Crippen molar-refractivity contribution < 1.29 is 9.59 Å². The molecule has 0 saturated carbocycles. The molecule has 3 heterocycles. The molecule has 2 aromatic heterocycles. The lowest BCUT2D eigenvalue weighted by Gasteiger charge is -2.31. The molecule has 6 nitrogen and oxygen atoms in total. The van der Waals surface area contributed by atoms with Crippen LogP contribution in [0.15, 0.2) is 48.9 Å². The lowest BCUT2D eigenvalue weighted by molar-refractivity contribution is -0.130. The normalized spacial score (nSPS) is 17.3.